The van der Waals surface area contributed by atoms with Gasteiger partial charge in [-0.1, -0.05) is 35.5 Å². The third-order valence-corrected chi connectivity index (χ3v) is 2.76. The summed E-state index contributed by atoms with van der Waals surface area (Å²) >= 11 is 0. The average molecular weight is 232 g/mol. The van der Waals surface area contributed by atoms with Gasteiger partial charge in [-0.2, -0.15) is 0 Å². The molecule has 1 atom stereocenters. The van der Waals surface area contributed by atoms with Crippen LogP contribution in [0.2, 0.25) is 0 Å². The summed E-state index contributed by atoms with van der Waals surface area (Å²) in [6.45, 7) is 5.12. The molecular weight excluding hydrogens is 214 g/mol. The van der Waals surface area contributed by atoms with Crippen LogP contribution in [0.3, 0.4) is 0 Å². The Hall–Kier alpha value is -1.35. The lowest BCUT2D eigenvalue weighted by atomic mass is 10.1. The smallest absolute Gasteiger partial charge is 0.156 e. The number of rotatable bonds is 6. The predicted molar refractivity (Wildman–Crippen MR) is 67.9 cm³/mol. The van der Waals surface area contributed by atoms with E-state index in [9.17, 15) is 0 Å². The Kier molecular flexibility index (Phi) is 4.56. The molecule has 91 valence electrons. The zero-order valence-corrected chi connectivity index (χ0v) is 9.97. The molecule has 1 aliphatic heterocycles. The zero-order chi connectivity index (χ0) is 11.9. The van der Waals surface area contributed by atoms with Crippen LogP contribution in [0, 0.1) is 6.92 Å². The van der Waals surface area contributed by atoms with E-state index < -0.39 is 0 Å². The molecular formula is C14H18NO2. The fourth-order valence-electron chi connectivity index (χ4n) is 1.77. The van der Waals surface area contributed by atoms with Gasteiger partial charge in [-0.3, -0.25) is 0 Å². The van der Waals surface area contributed by atoms with Gasteiger partial charge in [0.25, 0.3) is 0 Å². The van der Waals surface area contributed by atoms with Crippen molar-refractivity contribution in [1.82, 2.24) is 0 Å². The molecule has 1 aromatic carbocycles. The van der Waals surface area contributed by atoms with Crippen LogP contribution in [0.5, 0.6) is 0 Å². The molecule has 2 rings (SSSR count). The summed E-state index contributed by atoms with van der Waals surface area (Å²) in [5.74, 6) is 0. The lowest BCUT2D eigenvalue weighted by molar-refractivity contribution is 0.00377. The highest BCUT2D eigenvalue weighted by Gasteiger charge is 2.19. The van der Waals surface area contributed by atoms with Crippen molar-refractivity contribution in [1.29, 1.82) is 0 Å². The second-order valence-electron chi connectivity index (χ2n) is 4.15. The number of nitrogens with zero attached hydrogens (tertiary/aromatic N) is 1. The number of ether oxygens (including phenoxy) is 1. The Morgan fingerprint density at radius 2 is 2.18 bits per heavy atom. The van der Waals surface area contributed by atoms with Gasteiger partial charge in [-0.25, -0.2) is 0 Å². The second kappa shape index (κ2) is 6.40. The van der Waals surface area contributed by atoms with Gasteiger partial charge in [0.2, 0.25) is 0 Å². The Bertz CT molecular complexity index is 362. The SMILES string of the molecule is [CH2]CC1=NOC(COCCc2ccccc2)C1. The van der Waals surface area contributed by atoms with Crippen molar-refractivity contribution in [2.45, 2.75) is 25.4 Å². The van der Waals surface area contributed by atoms with Crippen LogP contribution in [0.1, 0.15) is 18.4 Å². The van der Waals surface area contributed by atoms with Crippen molar-refractivity contribution in [3.8, 4) is 0 Å². The monoisotopic (exact) mass is 232 g/mol. The first-order valence-electron chi connectivity index (χ1n) is 6.01. The third-order valence-electron chi connectivity index (χ3n) is 2.76. The third kappa shape index (κ3) is 3.86. The molecule has 0 saturated carbocycles. The molecule has 0 aromatic heterocycles. The fourth-order valence-corrected chi connectivity index (χ4v) is 1.77. The standard InChI is InChI=1S/C14H18NO2/c1-2-13-10-14(17-15-13)11-16-9-8-12-6-4-3-5-7-12/h3-7,14H,1-2,8-11H2. The first-order valence-corrected chi connectivity index (χ1v) is 6.01. The van der Waals surface area contributed by atoms with E-state index >= 15 is 0 Å². The van der Waals surface area contributed by atoms with Crippen molar-refractivity contribution >= 4 is 5.71 Å². The molecule has 0 amide bonds. The Balaban J connectivity index is 1.59. The molecule has 0 bridgehead atoms. The number of hydrogen-bond acceptors (Lipinski definition) is 3. The summed E-state index contributed by atoms with van der Waals surface area (Å²) in [7, 11) is 0. The van der Waals surface area contributed by atoms with Gasteiger partial charge in [0.1, 0.15) is 0 Å². The molecule has 1 unspecified atom stereocenters. The van der Waals surface area contributed by atoms with Gasteiger partial charge in [-0.05, 0) is 25.3 Å². The lowest BCUT2D eigenvalue weighted by Gasteiger charge is -2.09. The van der Waals surface area contributed by atoms with Crippen molar-refractivity contribution < 1.29 is 9.57 Å². The molecule has 3 nitrogen and oxygen atoms in total. The van der Waals surface area contributed by atoms with Crippen LogP contribution < -0.4 is 0 Å². The first-order chi connectivity index (χ1) is 8.38. The van der Waals surface area contributed by atoms with E-state index in [1.807, 2.05) is 18.2 Å². The van der Waals surface area contributed by atoms with Crippen molar-refractivity contribution in [3.05, 3.63) is 42.8 Å². The van der Waals surface area contributed by atoms with E-state index in [2.05, 4.69) is 24.2 Å². The molecule has 0 saturated heterocycles. The summed E-state index contributed by atoms with van der Waals surface area (Å²) in [5.41, 5.74) is 2.33. The minimum atomic E-state index is 0.0857. The Morgan fingerprint density at radius 1 is 1.35 bits per heavy atom. The summed E-state index contributed by atoms with van der Waals surface area (Å²) in [6, 6.07) is 10.3. The molecule has 3 heteroatoms. The lowest BCUT2D eigenvalue weighted by Crippen LogP contribution is -2.16. The first kappa shape index (κ1) is 12.1. The minimum absolute atomic E-state index is 0.0857. The highest BCUT2D eigenvalue weighted by atomic mass is 16.7. The van der Waals surface area contributed by atoms with Crippen LogP contribution in [0.4, 0.5) is 0 Å². The molecule has 1 aromatic rings. The van der Waals surface area contributed by atoms with Crippen LogP contribution in [0.25, 0.3) is 0 Å². The molecule has 1 radical (unpaired) electrons. The molecule has 0 fully saturated rings. The highest BCUT2D eigenvalue weighted by Crippen LogP contribution is 2.12. The van der Waals surface area contributed by atoms with Gasteiger partial charge in [0.15, 0.2) is 6.10 Å². The van der Waals surface area contributed by atoms with Crippen LogP contribution in [-0.2, 0) is 16.0 Å². The van der Waals surface area contributed by atoms with Crippen LogP contribution in [0.15, 0.2) is 35.5 Å². The predicted octanol–water partition coefficient (Wildman–Crippen LogP) is 2.61. The zero-order valence-electron chi connectivity index (χ0n) is 9.97. The molecule has 0 aliphatic carbocycles. The van der Waals surface area contributed by atoms with E-state index in [0.29, 0.717) is 6.61 Å². The molecule has 1 aliphatic rings. The van der Waals surface area contributed by atoms with E-state index in [-0.39, 0.29) is 6.10 Å². The summed E-state index contributed by atoms with van der Waals surface area (Å²) in [6.07, 6.45) is 2.61. The number of hydrogen-bond donors (Lipinski definition) is 0. The maximum atomic E-state index is 5.60. The Morgan fingerprint density at radius 3 is 2.88 bits per heavy atom. The second-order valence-corrected chi connectivity index (χ2v) is 4.15. The molecule has 0 N–H and O–H groups in total. The normalized spacial score (nSPS) is 18.9. The largest absolute Gasteiger partial charge is 0.390 e. The molecule has 1 heterocycles. The average Bonchev–Trinajstić information content (AvgIpc) is 2.84. The topological polar surface area (TPSA) is 30.8 Å². The van der Waals surface area contributed by atoms with E-state index in [0.717, 1.165) is 31.6 Å². The highest BCUT2D eigenvalue weighted by molar-refractivity contribution is 5.85. The fraction of sp³-hybridized carbons (Fsp3) is 0.429. The van der Waals surface area contributed by atoms with Crippen LogP contribution in [-0.4, -0.2) is 25.0 Å². The maximum Gasteiger partial charge on any atom is 0.156 e. The van der Waals surface area contributed by atoms with Gasteiger partial charge < -0.3 is 9.57 Å². The van der Waals surface area contributed by atoms with Crippen molar-refractivity contribution in [2.75, 3.05) is 13.2 Å². The minimum Gasteiger partial charge on any atom is -0.390 e. The van der Waals surface area contributed by atoms with Crippen molar-refractivity contribution in [3.63, 3.8) is 0 Å². The van der Waals surface area contributed by atoms with Crippen LogP contribution >= 0.6 is 0 Å². The van der Waals surface area contributed by atoms with E-state index in [4.69, 9.17) is 9.57 Å². The van der Waals surface area contributed by atoms with Gasteiger partial charge in [-0.15, -0.1) is 0 Å². The van der Waals surface area contributed by atoms with Crippen molar-refractivity contribution in [2.24, 2.45) is 5.16 Å². The van der Waals surface area contributed by atoms with E-state index in [1.54, 1.807) is 0 Å². The summed E-state index contributed by atoms with van der Waals surface area (Å²) in [4.78, 5) is 5.23. The number of benzene rings is 1. The number of oxime groups is 1. The van der Waals surface area contributed by atoms with E-state index in [1.165, 1.54) is 5.56 Å². The molecule has 17 heavy (non-hydrogen) atoms. The van der Waals surface area contributed by atoms with Gasteiger partial charge in [0, 0.05) is 6.42 Å². The molecule has 0 spiro atoms. The van der Waals surface area contributed by atoms with Gasteiger partial charge >= 0.3 is 0 Å². The van der Waals surface area contributed by atoms with Gasteiger partial charge in [0.05, 0.1) is 18.9 Å². The Labute approximate surface area is 102 Å². The quantitative estimate of drug-likeness (QED) is 0.706. The summed E-state index contributed by atoms with van der Waals surface area (Å²) in [5, 5.41) is 3.95. The summed E-state index contributed by atoms with van der Waals surface area (Å²) < 4.78 is 5.60. The maximum absolute atomic E-state index is 5.60.